The Morgan fingerprint density at radius 1 is 1.15 bits per heavy atom. The Hall–Kier alpha value is -3.23. The molecule has 0 spiro atoms. The van der Waals surface area contributed by atoms with Crippen LogP contribution in [0.4, 0.5) is 8.78 Å². The van der Waals surface area contributed by atoms with Gasteiger partial charge < -0.3 is 18.9 Å². The van der Waals surface area contributed by atoms with Crippen molar-refractivity contribution in [2.45, 2.75) is 50.7 Å². The summed E-state index contributed by atoms with van der Waals surface area (Å²) in [6, 6.07) is 7.13. The van der Waals surface area contributed by atoms with Gasteiger partial charge in [-0.1, -0.05) is 0 Å². The van der Waals surface area contributed by atoms with E-state index in [-0.39, 0.29) is 29.8 Å². The molecule has 0 amide bonds. The summed E-state index contributed by atoms with van der Waals surface area (Å²) in [6.07, 6.45) is 0.794. The molecule has 3 atom stereocenters. The van der Waals surface area contributed by atoms with Crippen molar-refractivity contribution in [1.29, 1.82) is 0 Å². The predicted octanol–water partition coefficient (Wildman–Crippen LogP) is 4.16. The second-order valence-corrected chi connectivity index (χ2v) is 8.05. The highest BCUT2D eigenvalue weighted by Crippen LogP contribution is 2.46. The number of nitrogens with zero attached hydrogens (tertiary/aromatic N) is 2. The Balaban J connectivity index is 1.83. The molecular formula is C24H26F2N2O5. The lowest BCUT2D eigenvalue weighted by atomic mass is 9.74. The molecule has 9 heteroatoms. The van der Waals surface area contributed by atoms with Crippen molar-refractivity contribution in [1.82, 2.24) is 4.98 Å². The highest BCUT2D eigenvalue weighted by Gasteiger charge is 2.39. The molecule has 0 radical (unpaired) electrons. The van der Waals surface area contributed by atoms with E-state index in [9.17, 15) is 13.6 Å². The Bertz CT molecular complexity index is 1060. The molecule has 0 bridgehead atoms. The van der Waals surface area contributed by atoms with Crippen LogP contribution in [0.1, 0.15) is 48.8 Å². The number of methoxy groups -OCH3 is 2. The van der Waals surface area contributed by atoms with Crippen LogP contribution in [0.3, 0.4) is 0 Å². The van der Waals surface area contributed by atoms with Gasteiger partial charge in [-0.3, -0.25) is 9.79 Å². The summed E-state index contributed by atoms with van der Waals surface area (Å²) < 4.78 is 47.5. The van der Waals surface area contributed by atoms with Gasteiger partial charge >= 0.3 is 5.97 Å². The smallest absolute Gasteiger partial charge is 0.302 e. The van der Waals surface area contributed by atoms with Crippen LogP contribution in [-0.4, -0.2) is 56.1 Å². The number of pyridine rings is 1. The molecular weight excluding hydrogens is 434 g/mol. The van der Waals surface area contributed by atoms with Gasteiger partial charge in [0.2, 0.25) is 5.88 Å². The molecule has 1 aliphatic carbocycles. The lowest BCUT2D eigenvalue weighted by Gasteiger charge is -2.38. The number of halogens is 2. The van der Waals surface area contributed by atoms with Crippen molar-refractivity contribution >= 4 is 11.7 Å². The second-order valence-electron chi connectivity index (χ2n) is 8.05. The third kappa shape index (κ3) is 4.77. The summed E-state index contributed by atoms with van der Waals surface area (Å²) >= 11 is 0. The molecule has 2 aromatic rings. The van der Waals surface area contributed by atoms with E-state index >= 15 is 0 Å². The van der Waals surface area contributed by atoms with Crippen LogP contribution in [0.2, 0.25) is 0 Å². The van der Waals surface area contributed by atoms with E-state index < -0.39 is 13.0 Å². The third-order valence-corrected chi connectivity index (χ3v) is 5.97. The fourth-order valence-electron chi connectivity index (χ4n) is 4.64. The van der Waals surface area contributed by atoms with Gasteiger partial charge in [-0.05, 0) is 49.1 Å². The van der Waals surface area contributed by atoms with E-state index in [0.717, 1.165) is 16.7 Å². The van der Waals surface area contributed by atoms with Crippen LogP contribution in [0.25, 0.3) is 0 Å². The first-order chi connectivity index (χ1) is 15.9. The Labute approximate surface area is 190 Å². The van der Waals surface area contributed by atoms with E-state index in [1.165, 1.54) is 14.0 Å². The standard InChI is InChI=1S/C24H26F2N2O5/c1-13(29)33-14-6-7-19-17(9-14)16-10-21(32-12-22(25)26)20(30-2)11-18(16)23(28-19)15-5-4-8-27-24(15)31-3/h4-5,8,10-11,14,17,19,22H,6-7,9,12H2,1-3H3. The zero-order valence-electron chi connectivity index (χ0n) is 18.7. The van der Waals surface area contributed by atoms with Gasteiger partial charge in [-0.15, -0.1) is 0 Å². The number of aromatic nitrogens is 1. The number of aliphatic imine (C=N–C) groups is 1. The number of benzene rings is 1. The summed E-state index contributed by atoms with van der Waals surface area (Å²) in [7, 11) is 3.01. The summed E-state index contributed by atoms with van der Waals surface area (Å²) in [6.45, 7) is 0.656. The van der Waals surface area contributed by atoms with E-state index in [2.05, 4.69) is 4.98 Å². The van der Waals surface area contributed by atoms with Crippen LogP contribution < -0.4 is 14.2 Å². The van der Waals surface area contributed by atoms with Gasteiger partial charge in [-0.2, -0.15) is 0 Å². The van der Waals surface area contributed by atoms with Gasteiger partial charge in [0.15, 0.2) is 11.5 Å². The zero-order valence-corrected chi connectivity index (χ0v) is 18.7. The summed E-state index contributed by atoms with van der Waals surface area (Å²) in [5.41, 5.74) is 3.09. The number of hydrogen-bond donors (Lipinski definition) is 0. The topological polar surface area (TPSA) is 79.2 Å². The van der Waals surface area contributed by atoms with E-state index in [1.54, 1.807) is 31.5 Å². The lowest BCUT2D eigenvalue weighted by Crippen LogP contribution is -2.36. The number of rotatable bonds is 7. The Morgan fingerprint density at radius 2 is 1.97 bits per heavy atom. The average Bonchev–Trinajstić information content (AvgIpc) is 2.81. The molecule has 0 N–H and O–H groups in total. The van der Waals surface area contributed by atoms with Crippen molar-refractivity contribution in [3.63, 3.8) is 0 Å². The van der Waals surface area contributed by atoms with E-state index in [0.29, 0.717) is 36.6 Å². The van der Waals surface area contributed by atoms with E-state index in [1.807, 2.05) is 6.07 Å². The number of alkyl halides is 2. The van der Waals surface area contributed by atoms with Crippen LogP contribution in [-0.2, 0) is 9.53 Å². The highest BCUT2D eigenvalue weighted by atomic mass is 19.3. The summed E-state index contributed by atoms with van der Waals surface area (Å²) in [5, 5.41) is 0. The zero-order chi connectivity index (χ0) is 23.5. The number of carbonyl (C=O) groups excluding carboxylic acids is 1. The average molecular weight is 460 g/mol. The molecule has 1 fully saturated rings. The van der Waals surface area contributed by atoms with Crippen LogP contribution in [0.5, 0.6) is 17.4 Å². The second kappa shape index (κ2) is 9.72. The molecule has 2 heterocycles. The normalized spacial score (nSPS) is 21.5. The minimum atomic E-state index is -2.61. The molecule has 176 valence electrons. The monoisotopic (exact) mass is 460 g/mol. The van der Waals surface area contributed by atoms with Crippen molar-refractivity contribution in [2.75, 3.05) is 20.8 Å². The van der Waals surface area contributed by atoms with Crippen molar-refractivity contribution in [2.24, 2.45) is 4.99 Å². The predicted molar refractivity (Wildman–Crippen MR) is 117 cm³/mol. The maximum absolute atomic E-state index is 12.8. The number of hydrogen-bond acceptors (Lipinski definition) is 7. The first-order valence-corrected chi connectivity index (χ1v) is 10.8. The molecule has 1 aliphatic heterocycles. The van der Waals surface area contributed by atoms with Crippen molar-refractivity contribution < 1.29 is 32.5 Å². The number of fused-ring (bicyclic) bond motifs is 3. The van der Waals surface area contributed by atoms with Crippen LogP contribution in [0, 0.1) is 0 Å². The van der Waals surface area contributed by atoms with Gasteiger partial charge in [-0.25, -0.2) is 13.8 Å². The van der Waals surface area contributed by atoms with Crippen molar-refractivity contribution in [3.8, 4) is 17.4 Å². The third-order valence-electron chi connectivity index (χ3n) is 5.97. The lowest BCUT2D eigenvalue weighted by molar-refractivity contribution is -0.148. The minimum absolute atomic E-state index is 0.0654. The first-order valence-electron chi connectivity index (χ1n) is 10.8. The van der Waals surface area contributed by atoms with E-state index in [4.69, 9.17) is 23.9 Å². The molecule has 1 aromatic carbocycles. The molecule has 3 unspecified atom stereocenters. The van der Waals surface area contributed by atoms with Gasteiger partial charge in [0, 0.05) is 24.6 Å². The van der Waals surface area contributed by atoms with Gasteiger partial charge in [0.1, 0.15) is 12.7 Å². The molecule has 33 heavy (non-hydrogen) atoms. The Kier molecular flexibility index (Phi) is 6.76. The minimum Gasteiger partial charge on any atom is -0.493 e. The quantitative estimate of drug-likeness (QED) is 0.578. The number of ether oxygens (including phenoxy) is 4. The molecule has 4 rings (SSSR count). The summed E-state index contributed by atoms with van der Waals surface area (Å²) in [5.74, 6) is 0.616. The van der Waals surface area contributed by atoms with Crippen molar-refractivity contribution in [3.05, 3.63) is 47.2 Å². The maximum Gasteiger partial charge on any atom is 0.302 e. The molecule has 2 aliphatic rings. The maximum atomic E-state index is 12.8. The fourth-order valence-corrected chi connectivity index (χ4v) is 4.64. The molecule has 1 saturated carbocycles. The number of carbonyl (C=O) groups is 1. The van der Waals surface area contributed by atoms with Gasteiger partial charge in [0.25, 0.3) is 6.43 Å². The van der Waals surface area contributed by atoms with Crippen LogP contribution in [0.15, 0.2) is 35.5 Å². The number of esters is 1. The highest BCUT2D eigenvalue weighted by molar-refractivity contribution is 6.16. The largest absolute Gasteiger partial charge is 0.493 e. The molecule has 0 saturated heterocycles. The molecule has 7 nitrogen and oxygen atoms in total. The fraction of sp³-hybridized carbons (Fsp3) is 0.458. The van der Waals surface area contributed by atoms with Crippen LogP contribution >= 0.6 is 0 Å². The SMILES string of the molecule is COc1cc2c(cc1OCC(F)F)C1CC(OC(C)=O)CCC1N=C2c1cccnc1OC. The molecule has 1 aromatic heterocycles. The first kappa shape index (κ1) is 22.9. The summed E-state index contributed by atoms with van der Waals surface area (Å²) in [4.78, 5) is 20.9. The van der Waals surface area contributed by atoms with Gasteiger partial charge in [0.05, 0.1) is 31.5 Å². The Morgan fingerprint density at radius 3 is 2.67 bits per heavy atom.